The summed E-state index contributed by atoms with van der Waals surface area (Å²) in [4.78, 5) is 0. The van der Waals surface area contributed by atoms with Crippen LogP contribution < -0.4 is 0 Å². The first-order chi connectivity index (χ1) is 5.79. The molecule has 0 spiro atoms. The molecule has 2 rings (SSSR count). The van der Waals surface area contributed by atoms with Gasteiger partial charge in [-0.15, -0.1) is 37.7 Å². The minimum atomic E-state index is 0. The predicted molar refractivity (Wildman–Crippen MR) is 66.9 cm³/mol. The second kappa shape index (κ2) is 12.4. The largest absolute Gasteiger partial charge is 2.00 e. The molecule has 0 atom stereocenters. The SMILES string of the molecule is CC1=[C-]CC=C1.CC1=[C-]CC=C1.Cl.Cl.[Nb+2]. The summed E-state index contributed by atoms with van der Waals surface area (Å²) in [6, 6.07) is 0. The van der Waals surface area contributed by atoms with Crippen LogP contribution in [0.2, 0.25) is 0 Å². The minimum absolute atomic E-state index is 0. The molecule has 0 nitrogen and oxygen atoms in total. The molecule has 0 amide bonds. The molecule has 0 saturated heterocycles. The van der Waals surface area contributed by atoms with Crippen molar-refractivity contribution in [1.82, 2.24) is 0 Å². The molecule has 0 aromatic carbocycles. The van der Waals surface area contributed by atoms with E-state index in [1.54, 1.807) is 0 Å². The van der Waals surface area contributed by atoms with Crippen molar-refractivity contribution in [2.75, 3.05) is 0 Å². The zero-order valence-corrected chi connectivity index (χ0v) is 12.8. The van der Waals surface area contributed by atoms with Crippen molar-refractivity contribution in [3.05, 3.63) is 47.6 Å². The van der Waals surface area contributed by atoms with Crippen LogP contribution in [0.3, 0.4) is 0 Å². The Morgan fingerprint density at radius 3 is 1.27 bits per heavy atom. The van der Waals surface area contributed by atoms with E-state index >= 15 is 0 Å². The van der Waals surface area contributed by atoms with Gasteiger partial charge in [0.2, 0.25) is 0 Å². The van der Waals surface area contributed by atoms with Gasteiger partial charge in [-0.25, -0.2) is 23.3 Å². The normalized spacial score (nSPS) is 14.8. The Morgan fingerprint density at radius 1 is 0.867 bits per heavy atom. The van der Waals surface area contributed by atoms with Crippen molar-refractivity contribution < 1.29 is 22.4 Å². The maximum atomic E-state index is 3.12. The van der Waals surface area contributed by atoms with E-state index in [4.69, 9.17) is 0 Å². The van der Waals surface area contributed by atoms with Gasteiger partial charge >= 0.3 is 22.4 Å². The van der Waals surface area contributed by atoms with E-state index in [9.17, 15) is 0 Å². The molecule has 83 valence electrons. The Hall–Kier alpha value is 0.280. The third-order valence-corrected chi connectivity index (χ3v) is 1.73. The molecule has 0 aromatic rings. The van der Waals surface area contributed by atoms with E-state index in [2.05, 4.69) is 50.3 Å². The van der Waals surface area contributed by atoms with E-state index in [-0.39, 0.29) is 47.2 Å². The van der Waals surface area contributed by atoms with Gasteiger partial charge in [0, 0.05) is 0 Å². The summed E-state index contributed by atoms with van der Waals surface area (Å²) in [5.74, 6) is 0. The van der Waals surface area contributed by atoms with E-state index in [1.807, 2.05) is 0 Å². The molecule has 0 aromatic heterocycles. The van der Waals surface area contributed by atoms with E-state index in [1.165, 1.54) is 11.1 Å². The van der Waals surface area contributed by atoms with E-state index in [0.717, 1.165) is 12.8 Å². The van der Waals surface area contributed by atoms with Gasteiger partial charge in [0.1, 0.15) is 0 Å². The van der Waals surface area contributed by atoms with Crippen molar-refractivity contribution in [2.45, 2.75) is 26.7 Å². The summed E-state index contributed by atoms with van der Waals surface area (Å²) in [5, 5.41) is 0. The van der Waals surface area contributed by atoms with Gasteiger partial charge in [-0.1, -0.05) is 13.8 Å². The van der Waals surface area contributed by atoms with Crippen molar-refractivity contribution in [1.29, 1.82) is 0 Å². The van der Waals surface area contributed by atoms with Crippen LogP contribution in [-0.4, -0.2) is 0 Å². The topological polar surface area (TPSA) is 0 Å². The molecule has 0 N–H and O–H groups in total. The molecule has 2 aliphatic rings. The number of hydrogen-bond acceptors (Lipinski definition) is 0. The molecule has 0 bridgehead atoms. The van der Waals surface area contributed by atoms with Gasteiger partial charge in [0.15, 0.2) is 0 Å². The molecular formula is C12H16Cl2Nb. The fraction of sp³-hybridized carbons (Fsp3) is 0.333. The molecule has 3 heteroatoms. The van der Waals surface area contributed by atoms with E-state index < -0.39 is 0 Å². The van der Waals surface area contributed by atoms with Crippen LogP contribution in [0.4, 0.5) is 0 Å². The minimum Gasteiger partial charge on any atom is -0.270 e. The van der Waals surface area contributed by atoms with Gasteiger partial charge in [0.25, 0.3) is 0 Å². The van der Waals surface area contributed by atoms with Crippen molar-refractivity contribution in [2.24, 2.45) is 0 Å². The standard InChI is InChI=1S/2C6H7.2ClH.Nb/c2*1-6-4-2-3-5-6;;;/h2*2,4H,3H2,1H3;2*1H;/q2*-1;;;+2. The average molecular weight is 324 g/mol. The van der Waals surface area contributed by atoms with Crippen LogP contribution in [0, 0.1) is 12.2 Å². The maximum absolute atomic E-state index is 3.12. The fourth-order valence-corrected chi connectivity index (χ4v) is 1.03. The predicted octanol–water partition coefficient (Wildman–Crippen LogP) is 4.23. The Labute approximate surface area is 121 Å². The van der Waals surface area contributed by atoms with Crippen LogP contribution in [0.15, 0.2) is 35.5 Å². The fourth-order valence-electron chi connectivity index (χ4n) is 1.03. The van der Waals surface area contributed by atoms with Crippen LogP contribution >= 0.6 is 24.8 Å². The smallest absolute Gasteiger partial charge is 0.270 e. The molecule has 15 heavy (non-hydrogen) atoms. The molecule has 2 aliphatic carbocycles. The van der Waals surface area contributed by atoms with Crippen LogP contribution in [0.1, 0.15) is 26.7 Å². The quantitative estimate of drug-likeness (QED) is 0.462. The zero-order valence-electron chi connectivity index (χ0n) is 8.99. The first-order valence-electron chi connectivity index (χ1n) is 4.27. The van der Waals surface area contributed by atoms with Crippen LogP contribution in [0.5, 0.6) is 0 Å². The third kappa shape index (κ3) is 10.6. The third-order valence-electron chi connectivity index (χ3n) is 1.73. The number of hydrogen-bond donors (Lipinski definition) is 0. The summed E-state index contributed by atoms with van der Waals surface area (Å²) in [6.45, 7) is 4.12. The zero-order chi connectivity index (χ0) is 8.81. The Morgan fingerprint density at radius 2 is 1.20 bits per heavy atom. The van der Waals surface area contributed by atoms with E-state index in [0.29, 0.717) is 0 Å². The molecule has 0 unspecified atom stereocenters. The second-order valence-corrected chi connectivity index (χ2v) is 2.93. The maximum Gasteiger partial charge on any atom is 2.00 e. The van der Waals surface area contributed by atoms with Crippen molar-refractivity contribution in [3.8, 4) is 0 Å². The Kier molecular flexibility index (Phi) is 17.0. The molecule has 0 fully saturated rings. The number of rotatable bonds is 0. The summed E-state index contributed by atoms with van der Waals surface area (Å²) in [5.41, 5.74) is 2.55. The van der Waals surface area contributed by atoms with Crippen LogP contribution in [0.25, 0.3) is 0 Å². The Balaban J connectivity index is -0.000000160. The Bertz CT molecular complexity index is 229. The van der Waals surface area contributed by atoms with Gasteiger partial charge in [0.05, 0.1) is 0 Å². The van der Waals surface area contributed by atoms with Crippen LogP contribution in [-0.2, 0) is 22.4 Å². The second-order valence-electron chi connectivity index (χ2n) is 2.93. The molecule has 0 heterocycles. The average Bonchev–Trinajstić information content (AvgIpc) is 2.63. The number of halogens is 2. The monoisotopic (exact) mass is 323 g/mol. The molecular weight excluding hydrogens is 308 g/mol. The summed E-state index contributed by atoms with van der Waals surface area (Å²) < 4.78 is 0. The molecule has 0 saturated carbocycles. The van der Waals surface area contributed by atoms with Gasteiger partial charge in [-0.05, 0) is 0 Å². The van der Waals surface area contributed by atoms with Gasteiger partial charge in [-0.3, -0.25) is 12.2 Å². The molecule has 0 aliphatic heterocycles. The van der Waals surface area contributed by atoms with Crippen molar-refractivity contribution in [3.63, 3.8) is 0 Å². The first-order valence-corrected chi connectivity index (χ1v) is 4.27. The summed E-state index contributed by atoms with van der Waals surface area (Å²) in [6.07, 6.45) is 16.7. The number of allylic oxidation sites excluding steroid dienone is 8. The summed E-state index contributed by atoms with van der Waals surface area (Å²) >= 11 is 0. The first kappa shape index (κ1) is 20.7. The molecule has 1 radical (unpaired) electrons. The van der Waals surface area contributed by atoms with Gasteiger partial charge < -0.3 is 0 Å². The summed E-state index contributed by atoms with van der Waals surface area (Å²) in [7, 11) is 0. The van der Waals surface area contributed by atoms with Gasteiger partial charge in [-0.2, -0.15) is 12.2 Å². The van der Waals surface area contributed by atoms with Crippen molar-refractivity contribution >= 4 is 24.8 Å².